The first-order valence-corrected chi connectivity index (χ1v) is 12.0. The van der Waals surface area contributed by atoms with Crippen molar-refractivity contribution in [1.29, 1.82) is 0 Å². The van der Waals surface area contributed by atoms with Gasteiger partial charge < -0.3 is 24.3 Å². The van der Waals surface area contributed by atoms with Crippen LogP contribution in [0.25, 0.3) is 10.9 Å². The molecular formula is C29H32N2O4. The Labute approximate surface area is 206 Å². The van der Waals surface area contributed by atoms with E-state index >= 15 is 0 Å². The summed E-state index contributed by atoms with van der Waals surface area (Å²) in [6.45, 7) is 2.93. The van der Waals surface area contributed by atoms with Crippen LogP contribution in [0.2, 0.25) is 0 Å². The van der Waals surface area contributed by atoms with E-state index in [1.165, 1.54) is 10.9 Å². The second-order valence-corrected chi connectivity index (χ2v) is 9.11. The zero-order valence-corrected chi connectivity index (χ0v) is 20.4. The average Bonchev–Trinajstić information content (AvgIpc) is 3.26. The summed E-state index contributed by atoms with van der Waals surface area (Å²) in [5.74, 6) is 2.14. The number of benzene rings is 3. The Morgan fingerprint density at radius 1 is 0.971 bits per heavy atom. The Morgan fingerprint density at radius 3 is 2.49 bits per heavy atom. The number of aromatic nitrogens is 1. The number of rotatable bonds is 8. The predicted molar refractivity (Wildman–Crippen MR) is 138 cm³/mol. The Hall–Kier alpha value is -3.48. The topological polar surface area (TPSA) is 67.0 Å². The number of ether oxygens (including phenoxy) is 3. The quantitative estimate of drug-likeness (QED) is 0.379. The maximum atomic E-state index is 11.0. The molecule has 2 heterocycles. The molecule has 2 N–H and O–H groups in total. The third-order valence-corrected chi connectivity index (χ3v) is 6.85. The Morgan fingerprint density at radius 2 is 1.71 bits per heavy atom. The lowest BCUT2D eigenvalue weighted by molar-refractivity contribution is 0.0364. The number of methoxy groups -OCH3 is 2. The van der Waals surface area contributed by atoms with Gasteiger partial charge >= 0.3 is 0 Å². The molecule has 182 valence electrons. The highest BCUT2D eigenvalue weighted by Gasteiger charge is 2.37. The van der Waals surface area contributed by atoms with Crippen molar-refractivity contribution in [3.05, 3.63) is 89.6 Å². The molecule has 4 aromatic rings. The summed E-state index contributed by atoms with van der Waals surface area (Å²) in [5.41, 5.74) is 4.70. The molecule has 0 spiro atoms. The Balaban J connectivity index is 1.51. The minimum Gasteiger partial charge on any atom is -0.493 e. The summed E-state index contributed by atoms with van der Waals surface area (Å²) < 4.78 is 17.0. The van der Waals surface area contributed by atoms with Gasteiger partial charge in [0.25, 0.3) is 0 Å². The van der Waals surface area contributed by atoms with Crippen LogP contribution >= 0.6 is 0 Å². The largest absolute Gasteiger partial charge is 0.493 e. The van der Waals surface area contributed by atoms with Gasteiger partial charge in [0.15, 0.2) is 11.5 Å². The van der Waals surface area contributed by atoms with Gasteiger partial charge in [-0.05, 0) is 54.8 Å². The first-order chi connectivity index (χ1) is 17.1. The number of H-pyrrole nitrogens is 1. The molecule has 0 fully saturated rings. The van der Waals surface area contributed by atoms with Gasteiger partial charge in [0.2, 0.25) is 0 Å². The molecule has 6 nitrogen and oxygen atoms in total. The van der Waals surface area contributed by atoms with Gasteiger partial charge in [-0.25, -0.2) is 0 Å². The number of aliphatic hydroxyl groups is 1. The molecule has 35 heavy (non-hydrogen) atoms. The molecule has 0 radical (unpaired) electrons. The number of hydrogen-bond donors (Lipinski definition) is 2. The molecule has 0 aliphatic carbocycles. The van der Waals surface area contributed by atoms with Gasteiger partial charge in [-0.15, -0.1) is 0 Å². The standard InChI is InChI=1S/C29H32N2O4/c1-19-15-24-23-11-7-8-12-25(23)30-28(24)29(20-13-14-26(33-2)27(16-20)34-3)31(19)17-21(32)18-35-22-9-5-4-6-10-22/h4-14,16,19,21,29-30,32H,15,17-18H2,1-3H3/t19-,21+,29+/m0/s1. The van der Waals surface area contributed by atoms with Crippen LogP contribution in [0.3, 0.4) is 0 Å². The van der Waals surface area contributed by atoms with Crippen molar-refractivity contribution in [2.24, 2.45) is 0 Å². The molecule has 0 unspecified atom stereocenters. The number of aromatic amines is 1. The Bertz CT molecular complexity index is 1290. The smallest absolute Gasteiger partial charge is 0.161 e. The maximum absolute atomic E-state index is 11.0. The van der Waals surface area contributed by atoms with Crippen LogP contribution in [0.1, 0.15) is 29.8 Å². The SMILES string of the molecule is COc1ccc([C@@H]2c3[nH]c4ccccc4c3C[C@H](C)N2C[C@@H](O)COc2ccccc2)cc1OC. The zero-order chi connectivity index (χ0) is 24.4. The highest BCUT2D eigenvalue weighted by molar-refractivity contribution is 5.85. The normalized spacial score (nSPS) is 18.7. The number of β-amino-alcohol motifs (C(OH)–C–C–N with tert-alkyl or cyclic N) is 1. The summed E-state index contributed by atoms with van der Waals surface area (Å²) in [7, 11) is 3.30. The minimum atomic E-state index is -0.647. The summed E-state index contributed by atoms with van der Waals surface area (Å²) in [6, 6.07) is 24.3. The average molecular weight is 473 g/mol. The van der Waals surface area contributed by atoms with Gasteiger partial charge in [0, 0.05) is 29.2 Å². The lowest BCUT2D eigenvalue weighted by atomic mass is 9.88. The van der Waals surface area contributed by atoms with Gasteiger partial charge in [0.1, 0.15) is 18.5 Å². The van der Waals surface area contributed by atoms with E-state index in [0.29, 0.717) is 18.0 Å². The predicted octanol–water partition coefficient (Wildman–Crippen LogP) is 4.96. The van der Waals surface area contributed by atoms with E-state index in [9.17, 15) is 5.11 Å². The van der Waals surface area contributed by atoms with Crippen LogP contribution in [0.4, 0.5) is 0 Å². The first kappa shape index (κ1) is 23.3. The number of nitrogens with one attached hydrogen (secondary N) is 1. The maximum Gasteiger partial charge on any atom is 0.161 e. The van der Waals surface area contributed by atoms with Crippen LogP contribution in [0.5, 0.6) is 17.2 Å². The van der Waals surface area contributed by atoms with Gasteiger partial charge in [0.05, 0.1) is 20.3 Å². The highest BCUT2D eigenvalue weighted by Crippen LogP contribution is 2.42. The van der Waals surface area contributed by atoms with Crippen LogP contribution in [0, 0.1) is 0 Å². The highest BCUT2D eigenvalue weighted by atomic mass is 16.5. The molecule has 0 bridgehead atoms. The fourth-order valence-corrected chi connectivity index (χ4v) is 5.18. The van der Waals surface area contributed by atoms with E-state index in [0.717, 1.165) is 28.9 Å². The molecule has 5 rings (SSSR count). The van der Waals surface area contributed by atoms with Crippen molar-refractivity contribution >= 4 is 10.9 Å². The number of fused-ring (bicyclic) bond motifs is 3. The molecular weight excluding hydrogens is 440 g/mol. The van der Waals surface area contributed by atoms with E-state index in [1.54, 1.807) is 14.2 Å². The van der Waals surface area contributed by atoms with Crippen molar-refractivity contribution in [3.63, 3.8) is 0 Å². The fourth-order valence-electron chi connectivity index (χ4n) is 5.18. The van der Waals surface area contributed by atoms with Crippen molar-refractivity contribution in [1.82, 2.24) is 9.88 Å². The molecule has 3 aromatic carbocycles. The molecule has 3 atom stereocenters. The molecule has 6 heteroatoms. The third kappa shape index (κ3) is 4.59. The molecule has 0 saturated heterocycles. The number of nitrogens with zero attached hydrogens (tertiary/aromatic N) is 1. The van der Waals surface area contributed by atoms with E-state index in [2.05, 4.69) is 47.1 Å². The number of hydrogen-bond acceptors (Lipinski definition) is 5. The zero-order valence-electron chi connectivity index (χ0n) is 20.4. The molecule has 1 aromatic heterocycles. The van der Waals surface area contributed by atoms with Gasteiger partial charge in [-0.3, -0.25) is 4.90 Å². The van der Waals surface area contributed by atoms with Crippen molar-refractivity contribution in [2.45, 2.75) is 31.5 Å². The van der Waals surface area contributed by atoms with E-state index in [-0.39, 0.29) is 18.7 Å². The number of aliphatic hydroxyl groups excluding tert-OH is 1. The summed E-state index contributed by atoms with van der Waals surface area (Å²) in [5, 5.41) is 12.3. The van der Waals surface area contributed by atoms with Crippen LogP contribution in [-0.4, -0.2) is 54.5 Å². The lowest BCUT2D eigenvalue weighted by Crippen LogP contribution is -2.47. The fraction of sp³-hybridized carbons (Fsp3) is 0.310. The van der Waals surface area contributed by atoms with Crippen molar-refractivity contribution < 1.29 is 19.3 Å². The summed E-state index contributed by atoms with van der Waals surface area (Å²) in [6.07, 6.45) is 0.251. The number of para-hydroxylation sites is 2. The second-order valence-electron chi connectivity index (χ2n) is 9.11. The monoisotopic (exact) mass is 472 g/mol. The van der Waals surface area contributed by atoms with Crippen molar-refractivity contribution in [3.8, 4) is 17.2 Å². The third-order valence-electron chi connectivity index (χ3n) is 6.85. The summed E-state index contributed by atoms with van der Waals surface area (Å²) in [4.78, 5) is 6.04. The second kappa shape index (κ2) is 10.0. The van der Waals surface area contributed by atoms with Crippen LogP contribution in [0.15, 0.2) is 72.8 Å². The van der Waals surface area contributed by atoms with Gasteiger partial charge in [-0.1, -0.05) is 42.5 Å². The molecule has 1 aliphatic rings. The minimum absolute atomic E-state index is 0.0765. The van der Waals surface area contributed by atoms with E-state index in [1.807, 2.05) is 42.5 Å². The van der Waals surface area contributed by atoms with Crippen LogP contribution < -0.4 is 14.2 Å². The van der Waals surface area contributed by atoms with Gasteiger partial charge in [-0.2, -0.15) is 0 Å². The molecule has 0 amide bonds. The van der Waals surface area contributed by atoms with Crippen molar-refractivity contribution in [2.75, 3.05) is 27.4 Å². The molecule has 1 aliphatic heterocycles. The van der Waals surface area contributed by atoms with Crippen LogP contribution in [-0.2, 0) is 6.42 Å². The lowest BCUT2D eigenvalue weighted by Gasteiger charge is -2.42. The molecule has 0 saturated carbocycles. The van der Waals surface area contributed by atoms with E-state index < -0.39 is 6.10 Å². The summed E-state index contributed by atoms with van der Waals surface area (Å²) >= 11 is 0. The first-order valence-electron chi connectivity index (χ1n) is 12.0. The Kier molecular flexibility index (Phi) is 6.66. The van der Waals surface area contributed by atoms with E-state index in [4.69, 9.17) is 14.2 Å².